The molecule has 2 aliphatic rings. The van der Waals surface area contributed by atoms with Crippen LogP contribution in [0.25, 0.3) is 0 Å². The summed E-state index contributed by atoms with van der Waals surface area (Å²) >= 11 is 0. The molecular formula is C15H18N2O2. The van der Waals surface area contributed by atoms with Gasteiger partial charge < -0.3 is 5.73 Å². The van der Waals surface area contributed by atoms with Crippen molar-refractivity contribution < 1.29 is 9.59 Å². The van der Waals surface area contributed by atoms with Crippen molar-refractivity contribution in [1.29, 1.82) is 0 Å². The number of imide groups is 1. The molecule has 3 rings (SSSR count). The predicted octanol–water partition coefficient (Wildman–Crippen LogP) is 1.48. The van der Waals surface area contributed by atoms with Gasteiger partial charge in [-0.1, -0.05) is 31.0 Å². The molecule has 1 aromatic rings. The Hall–Kier alpha value is -1.68. The summed E-state index contributed by atoms with van der Waals surface area (Å²) in [6, 6.07) is 7.36. The molecule has 100 valence electrons. The van der Waals surface area contributed by atoms with Crippen LogP contribution in [0.2, 0.25) is 0 Å². The topological polar surface area (TPSA) is 63.4 Å². The first-order valence-corrected chi connectivity index (χ1v) is 6.83. The molecule has 0 bridgehead atoms. The van der Waals surface area contributed by atoms with Crippen LogP contribution in [0.4, 0.5) is 0 Å². The molecule has 0 spiro atoms. The lowest BCUT2D eigenvalue weighted by atomic mass is 9.89. The fraction of sp³-hybridized carbons (Fsp3) is 0.467. The Balaban J connectivity index is 2.04. The first-order chi connectivity index (χ1) is 9.18. The van der Waals surface area contributed by atoms with Crippen LogP contribution < -0.4 is 5.73 Å². The van der Waals surface area contributed by atoms with E-state index < -0.39 is 5.54 Å². The molecule has 0 radical (unpaired) electrons. The highest BCUT2D eigenvalue weighted by atomic mass is 16.2. The van der Waals surface area contributed by atoms with E-state index in [0.717, 1.165) is 31.2 Å². The number of nitrogens with zero attached hydrogens (tertiary/aromatic N) is 1. The molecule has 1 aromatic carbocycles. The van der Waals surface area contributed by atoms with Gasteiger partial charge in [0.25, 0.3) is 5.91 Å². The van der Waals surface area contributed by atoms with Crippen LogP contribution in [0.5, 0.6) is 0 Å². The lowest BCUT2D eigenvalue weighted by Gasteiger charge is -2.41. The van der Waals surface area contributed by atoms with Crippen molar-refractivity contribution in [3.05, 3.63) is 35.4 Å². The molecule has 2 amide bonds. The number of carbonyl (C=O) groups excluding carboxylic acids is 2. The average Bonchev–Trinajstić information content (AvgIpc) is 2.88. The maximum atomic E-state index is 12.6. The minimum absolute atomic E-state index is 0.101. The maximum absolute atomic E-state index is 12.6. The summed E-state index contributed by atoms with van der Waals surface area (Å²) in [5, 5.41) is 0. The molecule has 4 nitrogen and oxygen atoms in total. The minimum Gasteiger partial charge on any atom is -0.328 e. The van der Waals surface area contributed by atoms with Crippen molar-refractivity contribution >= 4 is 11.8 Å². The normalized spacial score (nSPS) is 21.6. The molecule has 0 atom stereocenters. The molecule has 1 aliphatic heterocycles. The molecule has 1 saturated carbocycles. The number of amides is 2. The van der Waals surface area contributed by atoms with Crippen molar-refractivity contribution in [3.8, 4) is 0 Å². The van der Waals surface area contributed by atoms with Gasteiger partial charge in [-0.05, 0) is 24.5 Å². The van der Waals surface area contributed by atoms with Gasteiger partial charge in [-0.15, -0.1) is 0 Å². The summed E-state index contributed by atoms with van der Waals surface area (Å²) in [6.07, 6.45) is 4.06. The van der Waals surface area contributed by atoms with Crippen LogP contribution in [0.3, 0.4) is 0 Å². The Kier molecular flexibility index (Phi) is 2.90. The van der Waals surface area contributed by atoms with Crippen LogP contribution >= 0.6 is 0 Å². The van der Waals surface area contributed by atoms with Crippen molar-refractivity contribution in [2.24, 2.45) is 5.73 Å². The second kappa shape index (κ2) is 4.46. The van der Waals surface area contributed by atoms with Crippen LogP contribution in [-0.4, -0.2) is 28.8 Å². The van der Waals surface area contributed by atoms with Gasteiger partial charge in [0.2, 0.25) is 5.91 Å². The van der Waals surface area contributed by atoms with E-state index in [9.17, 15) is 9.59 Å². The Bertz CT molecular complexity index is 533. The van der Waals surface area contributed by atoms with Gasteiger partial charge in [-0.2, -0.15) is 0 Å². The van der Waals surface area contributed by atoms with Crippen LogP contribution in [0.15, 0.2) is 24.3 Å². The number of hydrogen-bond acceptors (Lipinski definition) is 3. The molecule has 19 heavy (non-hydrogen) atoms. The van der Waals surface area contributed by atoms with E-state index in [1.807, 2.05) is 18.2 Å². The lowest BCUT2D eigenvalue weighted by Crippen LogP contribution is -2.59. The third-order valence-electron chi connectivity index (χ3n) is 4.43. The maximum Gasteiger partial charge on any atom is 0.261 e. The summed E-state index contributed by atoms with van der Waals surface area (Å²) in [7, 11) is 0. The number of fused-ring (bicyclic) bond motifs is 1. The number of nitrogens with two attached hydrogens (primary N) is 1. The van der Waals surface area contributed by atoms with Gasteiger partial charge in [0.05, 0.1) is 12.0 Å². The second-order valence-electron chi connectivity index (χ2n) is 5.50. The van der Waals surface area contributed by atoms with Crippen molar-refractivity contribution in [2.75, 3.05) is 6.54 Å². The minimum atomic E-state index is -0.443. The van der Waals surface area contributed by atoms with E-state index in [2.05, 4.69) is 0 Å². The van der Waals surface area contributed by atoms with Crippen molar-refractivity contribution in [3.63, 3.8) is 0 Å². The smallest absolute Gasteiger partial charge is 0.261 e. The van der Waals surface area contributed by atoms with Crippen LogP contribution in [-0.2, 0) is 11.2 Å². The first-order valence-electron chi connectivity index (χ1n) is 6.83. The molecule has 0 saturated heterocycles. The van der Waals surface area contributed by atoms with E-state index in [1.54, 1.807) is 6.07 Å². The summed E-state index contributed by atoms with van der Waals surface area (Å²) in [5.41, 5.74) is 6.94. The lowest BCUT2D eigenvalue weighted by molar-refractivity contribution is -0.133. The fourth-order valence-electron chi connectivity index (χ4n) is 3.39. The first kappa shape index (κ1) is 12.4. The third kappa shape index (κ3) is 1.78. The largest absolute Gasteiger partial charge is 0.328 e. The molecule has 2 N–H and O–H groups in total. The SMILES string of the molecule is NCC1(N2C(=O)Cc3ccccc3C2=O)CCCC1. The van der Waals surface area contributed by atoms with Gasteiger partial charge in [0, 0.05) is 12.1 Å². The van der Waals surface area contributed by atoms with E-state index in [4.69, 9.17) is 5.73 Å². The fourth-order valence-corrected chi connectivity index (χ4v) is 3.39. The van der Waals surface area contributed by atoms with E-state index in [-0.39, 0.29) is 11.8 Å². The summed E-state index contributed by atoms with van der Waals surface area (Å²) < 4.78 is 0. The zero-order chi connectivity index (χ0) is 13.5. The number of rotatable bonds is 2. The third-order valence-corrected chi connectivity index (χ3v) is 4.43. The summed E-state index contributed by atoms with van der Waals surface area (Å²) in [5.74, 6) is -0.268. The van der Waals surface area contributed by atoms with Gasteiger partial charge in [0.1, 0.15) is 0 Å². The zero-order valence-electron chi connectivity index (χ0n) is 10.9. The Morgan fingerprint density at radius 3 is 2.53 bits per heavy atom. The van der Waals surface area contributed by atoms with Crippen molar-refractivity contribution in [1.82, 2.24) is 4.90 Å². The Morgan fingerprint density at radius 2 is 1.84 bits per heavy atom. The van der Waals surface area contributed by atoms with Crippen LogP contribution in [0, 0.1) is 0 Å². The number of benzene rings is 1. The summed E-state index contributed by atoms with van der Waals surface area (Å²) in [6.45, 7) is 0.368. The highest BCUT2D eigenvalue weighted by Crippen LogP contribution is 2.37. The molecule has 0 unspecified atom stereocenters. The van der Waals surface area contributed by atoms with E-state index in [0.29, 0.717) is 18.5 Å². The molecule has 1 fully saturated rings. The van der Waals surface area contributed by atoms with E-state index >= 15 is 0 Å². The average molecular weight is 258 g/mol. The highest BCUT2D eigenvalue weighted by molar-refractivity contribution is 6.10. The van der Waals surface area contributed by atoms with Gasteiger partial charge in [0.15, 0.2) is 0 Å². The van der Waals surface area contributed by atoms with E-state index in [1.165, 1.54) is 4.90 Å². The van der Waals surface area contributed by atoms with Gasteiger partial charge >= 0.3 is 0 Å². The second-order valence-corrected chi connectivity index (χ2v) is 5.50. The zero-order valence-corrected chi connectivity index (χ0v) is 10.9. The Morgan fingerprint density at radius 1 is 1.16 bits per heavy atom. The van der Waals surface area contributed by atoms with Crippen LogP contribution in [0.1, 0.15) is 41.6 Å². The number of hydrogen-bond donors (Lipinski definition) is 1. The molecule has 1 heterocycles. The van der Waals surface area contributed by atoms with Gasteiger partial charge in [-0.3, -0.25) is 14.5 Å². The monoisotopic (exact) mass is 258 g/mol. The highest BCUT2D eigenvalue weighted by Gasteiger charge is 2.46. The van der Waals surface area contributed by atoms with Crippen molar-refractivity contribution in [2.45, 2.75) is 37.6 Å². The Labute approximate surface area is 112 Å². The molecule has 1 aliphatic carbocycles. The molecule has 0 aromatic heterocycles. The summed E-state index contributed by atoms with van der Waals surface area (Å²) in [4.78, 5) is 26.5. The standard InChI is InChI=1S/C15H18N2O2/c16-10-15(7-3-4-8-15)17-13(18)9-11-5-1-2-6-12(11)14(17)19/h1-2,5-6H,3-4,7-10,16H2. The quantitative estimate of drug-likeness (QED) is 0.817. The predicted molar refractivity (Wildman–Crippen MR) is 71.6 cm³/mol. The van der Waals surface area contributed by atoms with Gasteiger partial charge in [-0.25, -0.2) is 0 Å². The molecular weight excluding hydrogens is 240 g/mol. The molecule has 4 heteroatoms. The number of carbonyl (C=O) groups is 2.